The quantitative estimate of drug-likeness (QED) is 0.786. The zero-order chi connectivity index (χ0) is 13.7. The van der Waals surface area contributed by atoms with E-state index in [0.29, 0.717) is 12.6 Å². The van der Waals surface area contributed by atoms with E-state index in [9.17, 15) is 4.79 Å². The lowest BCUT2D eigenvalue weighted by molar-refractivity contribution is 0.0874. The number of imidazole rings is 1. The number of nitrogens with zero attached hydrogens (tertiary/aromatic N) is 3. The molecule has 1 aromatic heterocycles. The molecule has 0 aliphatic carbocycles. The minimum Gasteiger partial charge on any atom is -0.449 e. The molecular formula is C14H23N3O2. The summed E-state index contributed by atoms with van der Waals surface area (Å²) in [5.74, 6) is 1.05. The molecule has 0 N–H and O–H groups in total. The Balaban J connectivity index is 1.79. The molecule has 1 aromatic rings. The number of aryl methyl sites for hydroxylation is 1. The Labute approximate surface area is 114 Å². The van der Waals surface area contributed by atoms with Crippen LogP contribution in [-0.2, 0) is 4.74 Å². The first kappa shape index (κ1) is 13.9. The van der Waals surface area contributed by atoms with Crippen LogP contribution in [-0.4, -0.2) is 40.2 Å². The van der Waals surface area contributed by atoms with E-state index in [1.165, 1.54) is 0 Å². The van der Waals surface area contributed by atoms with Crippen LogP contribution in [0.4, 0.5) is 4.79 Å². The van der Waals surface area contributed by atoms with Gasteiger partial charge in [0.15, 0.2) is 0 Å². The molecule has 5 heteroatoms. The summed E-state index contributed by atoms with van der Waals surface area (Å²) < 4.78 is 7.45. The maximum absolute atomic E-state index is 11.8. The molecule has 1 aliphatic rings. The van der Waals surface area contributed by atoms with E-state index >= 15 is 0 Å². The average Bonchev–Trinajstić information content (AvgIpc) is 2.85. The Bertz CT molecular complexity index is 409. The number of aromatic nitrogens is 2. The highest BCUT2D eigenvalue weighted by Crippen LogP contribution is 2.23. The standard InChI is InChI=1S/C14H23N3O2/c1-3-4-11-19-14(18)16-8-5-13(6-9-16)17-10-7-15-12(17)2/h7,10,13H,3-6,8-9,11H2,1-2H3. The van der Waals surface area contributed by atoms with Gasteiger partial charge < -0.3 is 14.2 Å². The van der Waals surface area contributed by atoms with E-state index in [1.807, 2.05) is 24.2 Å². The van der Waals surface area contributed by atoms with Crippen LogP contribution in [0.3, 0.4) is 0 Å². The number of ether oxygens (including phenoxy) is 1. The summed E-state index contributed by atoms with van der Waals surface area (Å²) in [5.41, 5.74) is 0. The number of hydrogen-bond donors (Lipinski definition) is 0. The molecule has 2 heterocycles. The van der Waals surface area contributed by atoms with Crippen molar-refractivity contribution in [2.75, 3.05) is 19.7 Å². The number of hydrogen-bond acceptors (Lipinski definition) is 3. The van der Waals surface area contributed by atoms with Crippen molar-refractivity contribution >= 4 is 6.09 Å². The number of carbonyl (C=O) groups is 1. The second kappa shape index (κ2) is 6.59. The van der Waals surface area contributed by atoms with Gasteiger partial charge in [0.25, 0.3) is 0 Å². The van der Waals surface area contributed by atoms with Crippen molar-refractivity contribution in [2.45, 2.75) is 45.6 Å². The summed E-state index contributed by atoms with van der Waals surface area (Å²) in [6, 6.07) is 0.460. The maximum Gasteiger partial charge on any atom is 0.409 e. The van der Waals surface area contributed by atoms with Gasteiger partial charge in [-0.3, -0.25) is 0 Å². The van der Waals surface area contributed by atoms with Gasteiger partial charge >= 0.3 is 6.09 Å². The third kappa shape index (κ3) is 3.49. The molecule has 0 radical (unpaired) electrons. The summed E-state index contributed by atoms with van der Waals surface area (Å²) in [6.07, 6.45) is 7.64. The molecule has 19 heavy (non-hydrogen) atoms. The van der Waals surface area contributed by atoms with Crippen molar-refractivity contribution in [2.24, 2.45) is 0 Å². The molecule has 1 aliphatic heterocycles. The van der Waals surface area contributed by atoms with Gasteiger partial charge in [-0.25, -0.2) is 9.78 Å². The number of amides is 1. The molecule has 0 spiro atoms. The van der Waals surface area contributed by atoms with Gasteiger partial charge in [-0.05, 0) is 26.2 Å². The molecule has 0 aromatic carbocycles. The Morgan fingerprint density at radius 3 is 2.79 bits per heavy atom. The highest BCUT2D eigenvalue weighted by molar-refractivity contribution is 5.67. The van der Waals surface area contributed by atoms with Gasteiger partial charge in [0.05, 0.1) is 6.61 Å². The fourth-order valence-electron chi connectivity index (χ4n) is 2.50. The van der Waals surface area contributed by atoms with Gasteiger partial charge in [-0.15, -0.1) is 0 Å². The van der Waals surface area contributed by atoms with E-state index in [0.717, 1.165) is 44.6 Å². The van der Waals surface area contributed by atoms with E-state index in [1.54, 1.807) is 0 Å². The smallest absolute Gasteiger partial charge is 0.409 e. The SMILES string of the molecule is CCCCOC(=O)N1CCC(n2ccnc2C)CC1. The highest BCUT2D eigenvalue weighted by Gasteiger charge is 2.24. The molecule has 2 rings (SSSR count). The van der Waals surface area contributed by atoms with Crippen molar-refractivity contribution in [3.8, 4) is 0 Å². The summed E-state index contributed by atoms with van der Waals surface area (Å²) in [7, 11) is 0. The zero-order valence-electron chi connectivity index (χ0n) is 11.8. The fraction of sp³-hybridized carbons (Fsp3) is 0.714. The van der Waals surface area contributed by atoms with Crippen LogP contribution in [0.1, 0.15) is 44.5 Å². The molecule has 0 bridgehead atoms. The van der Waals surface area contributed by atoms with Crippen molar-refractivity contribution < 1.29 is 9.53 Å². The Morgan fingerprint density at radius 2 is 2.21 bits per heavy atom. The van der Waals surface area contributed by atoms with Crippen LogP contribution < -0.4 is 0 Å². The lowest BCUT2D eigenvalue weighted by Gasteiger charge is -2.32. The molecule has 1 amide bonds. The summed E-state index contributed by atoms with van der Waals surface area (Å²) in [4.78, 5) is 17.9. The first-order valence-corrected chi connectivity index (χ1v) is 7.13. The van der Waals surface area contributed by atoms with Crippen molar-refractivity contribution in [1.82, 2.24) is 14.5 Å². The number of piperidine rings is 1. The third-order valence-electron chi connectivity index (χ3n) is 3.70. The van der Waals surface area contributed by atoms with Crippen LogP contribution in [0.2, 0.25) is 0 Å². The molecule has 1 fully saturated rings. The maximum atomic E-state index is 11.8. The van der Waals surface area contributed by atoms with Crippen LogP contribution in [0.25, 0.3) is 0 Å². The first-order valence-electron chi connectivity index (χ1n) is 7.13. The second-order valence-electron chi connectivity index (χ2n) is 5.07. The summed E-state index contributed by atoms with van der Waals surface area (Å²) in [5, 5.41) is 0. The third-order valence-corrected chi connectivity index (χ3v) is 3.70. The van der Waals surface area contributed by atoms with Crippen molar-refractivity contribution in [3.63, 3.8) is 0 Å². The fourth-order valence-corrected chi connectivity index (χ4v) is 2.50. The molecule has 0 saturated carbocycles. The van der Waals surface area contributed by atoms with Gasteiger partial charge in [0.1, 0.15) is 5.82 Å². The molecule has 0 atom stereocenters. The molecule has 1 saturated heterocycles. The van der Waals surface area contributed by atoms with E-state index in [4.69, 9.17) is 4.74 Å². The van der Waals surface area contributed by atoms with E-state index in [-0.39, 0.29) is 6.09 Å². The van der Waals surface area contributed by atoms with E-state index in [2.05, 4.69) is 16.5 Å². The minimum atomic E-state index is -0.158. The number of likely N-dealkylation sites (tertiary alicyclic amines) is 1. The predicted molar refractivity (Wildman–Crippen MR) is 73.1 cm³/mol. The molecular weight excluding hydrogens is 242 g/mol. The number of rotatable bonds is 4. The second-order valence-corrected chi connectivity index (χ2v) is 5.07. The van der Waals surface area contributed by atoms with Crippen LogP contribution in [0, 0.1) is 6.92 Å². The highest BCUT2D eigenvalue weighted by atomic mass is 16.6. The Hall–Kier alpha value is -1.52. The first-order chi connectivity index (χ1) is 9.22. The summed E-state index contributed by atoms with van der Waals surface area (Å²) >= 11 is 0. The predicted octanol–water partition coefficient (Wildman–Crippen LogP) is 2.77. The molecule has 0 unspecified atom stereocenters. The normalized spacial score (nSPS) is 16.6. The average molecular weight is 265 g/mol. The van der Waals surface area contributed by atoms with Crippen LogP contribution in [0.5, 0.6) is 0 Å². The minimum absolute atomic E-state index is 0.158. The van der Waals surface area contributed by atoms with Gasteiger partial charge in [-0.1, -0.05) is 13.3 Å². The van der Waals surface area contributed by atoms with Gasteiger partial charge in [0.2, 0.25) is 0 Å². The monoisotopic (exact) mass is 265 g/mol. The molecule has 5 nitrogen and oxygen atoms in total. The van der Waals surface area contributed by atoms with Crippen LogP contribution in [0.15, 0.2) is 12.4 Å². The van der Waals surface area contributed by atoms with E-state index < -0.39 is 0 Å². The lowest BCUT2D eigenvalue weighted by atomic mass is 10.1. The van der Waals surface area contributed by atoms with Crippen LogP contribution >= 0.6 is 0 Å². The lowest BCUT2D eigenvalue weighted by Crippen LogP contribution is -2.39. The Morgan fingerprint density at radius 1 is 1.47 bits per heavy atom. The topological polar surface area (TPSA) is 47.4 Å². The number of carbonyl (C=O) groups excluding carboxylic acids is 1. The Kier molecular flexibility index (Phi) is 4.82. The summed E-state index contributed by atoms with van der Waals surface area (Å²) in [6.45, 7) is 6.19. The van der Waals surface area contributed by atoms with Gasteiger partial charge in [0, 0.05) is 31.5 Å². The van der Waals surface area contributed by atoms with Crippen molar-refractivity contribution in [1.29, 1.82) is 0 Å². The number of unbranched alkanes of at least 4 members (excludes halogenated alkanes) is 1. The van der Waals surface area contributed by atoms with Crippen molar-refractivity contribution in [3.05, 3.63) is 18.2 Å². The van der Waals surface area contributed by atoms with Gasteiger partial charge in [-0.2, -0.15) is 0 Å². The largest absolute Gasteiger partial charge is 0.449 e. The zero-order valence-corrected chi connectivity index (χ0v) is 11.8. The molecule has 106 valence electrons.